The van der Waals surface area contributed by atoms with Crippen molar-refractivity contribution in [2.75, 3.05) is 23.7 Å². The van der Waals surface area contributed by atoms with Crippen molar-refractivity contribution in [1.82, 2.24) is 4.90 Å². The van der Waals surface area contributed by atoms with E-state index in [1.54, 1.807) is 29.2 Å². The molecule has 0 bridgehead atoms. The molecule has 160 valence electrons. The van der Waals surface area contributed by atoms with Gasteiger partial charge in [-0.1, -0.05) is 64.8 Å². The number of hydrogen-bond acceptors (Lipinski definition) is 4. The first-order valence-corrected chi connectivity index (χ1v) is 11.7. The molecule has 0 radical (unpaired) electrons. The fourth-order valence-corrected chi connectivity index (χ4v) is 4.76. The summed E-state index contributed by atoms with van der Waals surface area (Å²) in [6.45, 7) is 3.58. The lowest BCUT2D eigenvalue weighted by Gasteiger charge is -2.19. The number of amidine groups is 1. The van der Waals surface area contributed by atoms with Crippen molar-refractivity contribution in [3.05, 3.63) is 69.3 Å². The van der Waals surface area contributed by atoms with Gasteiger partial charge in [0.15, 0.2) is 5.17 Å². The monoisotopic (exact) mass is 473 g/mol. The van der Waals surface area contributed by atoms with E-state index in [1.165, 1.54) is 11.8 Å². The number of likely N-dealkylation sites (tertiary alicyclic amines) is 1. The van der Waals surface area contributed by atoms with Crippen molar-refractivity contribution >= 4 is 63.7 Å². The molecule has 2 aliphatic heterocycles. The SMILES string of the molecule is Cc1ccc(N2C(=O)/C(=C/c3cccc(Cl)c3Cl)N=C2SCC(=O)N2CCCC2)cc1. The van der Waals surface area contributed by atoms with Crippen LogP contribution in [0.2, 0.25) is 10.0 Å². The molecule has 8 heteroatoms. The lowest BCUT2D eigenvalue weighted by molar-refractivity contribution is -0.127. The van der Waals surface area contributed by atoms with Crippen LogP contribution in [0.3, 0.4) is 0 Å². The summed E-state index contributed by atoms with van der Waals surface area (Å²) in [5.41, 5.74) is 2.66. The summed E-state index contributed by atoms with van der Waals surface area (Å²) >= 11 is 13.7. The van der Waals surface area contributed by atoms with E-state index >= 15 is 0 Å². The van der Waals surface area contributed by atoms with Gasteiger partial charge in [0.05, 0.1) is 21.5 Å². The second-order valence-electron chi connectivity index (χ2n) is 7.42. The van der Waals surface area contributed by atoms with E-state index in [9.17, 15) is 9.59 Å². The lowest BCUT2D eigenvalue weighted by Crippen LogP contribution is -2.33. The van der Waals surface area contributed by atoms with E-state index in [0.29, 0.717) is 26.5 Å². The van der Waals surface area contributed by atoms with Crippen molar-refractivity contribution in [1.29, 1.82) is 0 Å². The zero-order valence-electron chi connectivity index (χ0n) is 17.0. The Hall–Kier alpha value is -2.28. The molecule has 4 rings (SSSR count). The average Bonchev–Trinajstić information content (AvgIpc) is 3.40. The summed E-state index contributed by atoms with van der Waals surface area (Å²) in [7, 11) is 0. The number of amides is 2. The molecule has 2 aromatic rings. The number of hydrogen-bond donors (Lipinski definition) is 0. The van der Waals surface area contributed by atoms with E-state index in [1.807, 2.05) is 36.1 Å². The van der Waals surface area contributed by atoms with Crippen molar-refractivity contribution in [2.45, 2.75) is 19.8 Å². The predicted molar refractivity (Wildman–Crippen MR) is 129 cm³/mol. The molecule has 0 N–H and O–H groups in total. The molecule has 5 nitrogen and oxygen atoms in total. The zero-order chi connectivity index (χ0) is 22.0. The third-order valence-electron chi connectivity index (χ3n) is 5.18. The summed E-state index contributed by atoms with van der Waals surface area (Å²) in [5.74, 6) is 0.0347. The van der Waals surface area contributed by atoms with Gasteiger partial charge in [-0.15, -0.1) is 0 Å². The van der Waals surface area contributed by atoms with Gasteiger partial charge in [0.2, 0.25) is 5.91 Å². The first-order chi connectivity index (χ1) is 14.9. The Morgan fingerprint density at radius 1 is 1.13 bits per heavy atom. The summed E-state index contributed by atoms with van der Waals surface area (Å²) in [6.07, 6.45) is 3.71. The normalized spacial score (nSPS) is 17.6. The largest absolute Gasteiger partial charge is 0.342 e. The van der Waals surface area contributed by atoms with E-state index < -0.39 is 0 Å². The Morgan fingerprint density at radius 3 is 2.55 bits per heavy atom. The Bertz CT molecular complexity index is 1080. The molecule has 0 saturated carbocycles. The van der Waals surface area contributed by atoms with Gasteiger partial charge < -0.3 is 4.90 Å². The maximum Gasteiger partial charge on any atom is 0.283 e. The quantitative estimate of drug-likeness (QED) is 0.558. The molecular weight excluding hydrogens is 453 g/mol. The van der Waals surface area contributed by atoms with E-state index in [2.05, 4.69) is 4.99 Å². The van der Waals surface area contributed by atoms with Crippen LogP contribution >= 0.6 is 35.0 Å². The van der Waals surface area contributed by atoms with Gasteiger partial charge >= 0.3 is 0 Å². The molecule has 2 amide bonds. The smallest absolute Gasteiger partial charge is 0.283 e. The first-order valence-electron chi connectivity index (χ1n) is 10.00. The summed E-state index contributed by atoms with van der Waals surface area (Å²) in [5, 5.41) is 1.25. The highest BCUT2D eigenvalue weighted by Gasteiger charge is 2.33. The minimum atomic E-state index is -0.268. The Balaban J connectivity index is 1.64. The number of aryl methyl sites for hydroxylation is 1. The third kappa shape index (κ3) is 4.81. The number of aliphatic imine (C=N–C) groups is 1. The fraction of sp³-hybridized carbons (Fsp3) is 0.261. The highest BCUT2D eigenvalue weighted by Crippen LogP contribution is 2.32. The molecule has 0 aliphatic carbocycles. The van der Waals surface area contributed by atoms with Crippen molar-refractivity contribution in [3.8, 4) is 0 Å². The first kappa shape index (κ1) is 21.9. The van der Waals surface area contributed by atoms with Gasteiger partial charge in [0.1, 0.15) is 5.70 Å². The van der Waals surface area contributed by atoms with E-state index in [0.717, 1.165) is 31.5 Å². The van der Waals surface area contributed by atoms with Crippen LogP contribution in [-0.2, 0) is 9.59 Å². The van der Waals surface area contributed by atoms with Crippen molar-refractivity contribution in [2.24, 2.45) is 4.99 Å². The van der Waals surface area contributed by atoms with Crippen LogP contribution in [0, 0.1) is 6.92 Å². The van der Waals surface area contributed by atoms with Gasteiger partial charge in [0, 0.05) is 13.1 Å². The van der Waals surface area contributed by atoms with Crippen molar-refractivity contribution < 1.29 is 9.59 Å². The summed E-state index contributed by atoms with van der Waals surface area (Å²) in [6, 6.07) is 12.9. The van der Waals surface area contributed by atoms with E-state index in [4.69, 9.17) is 23.2 Å². The molecule has 0 atom stereocenters. The molecular formula is C23H21Cl2N3O2S. The number of nitrogens with zero attached hydrogens (tertiary/aromatic N) is 3. The van der Waals surface area contributed by atoms with Crippen LogP contribution in [0.15, 0.2) is 53.2 Å². The van der Waals surface area contributed by atoms with Crippen LogP contribution < -0.4 is 4.90 Å². The predicted octanol–water partition coefficient (Wildman–Crippen LogP) is 5.40. The van der Waals surface area contributed by atoms with Gasteiger partial charge in [-0.05, 0) is 49.6 Å². The van der Waals surface area contributed by atoms with Crippen LogP contribution in [0.4, 0.5) is 5.69 Å². The Morgan fingerprint density at radius 2 is 1.84 bits per heavy atom. The maximum atomic E-state index is 13.3. The second kappa shape index (κ2) is 9.47. The minimum absolute atomic E-state index is 0.0665. The summed E-state index contributed by atoms with van der Waals surface area (Å²) in [4.78, 5) is 33.8. The number of carbonyl (C=O) groups excluding carboxylic acids is 2. The average molecular weight is 474 g/mol. The number of thioether (sulfide) groups is 1. The summed E-state index contributed by atoms with van der Waals surface area (Å²) < 4.78 is 0. The van der Waals surface area contributed by atoms with Gasteiger partial charge in [-0.25, -0.2) is 4.99 Å². The van der Waals surface area contributed by atoms with Gasteiger partial charge in [0.25, 0.3) is 5.91 Å². The number of anilines is 1. The van der Waals surface area contributed by atoms with Gasteiger partial charge in [-0.2, -0.15) is 0 Å². The molecule has 0 unspecified atom stereocenters. The topological polar surface area (TPSA) is 53.0 Å². The molecule has 0 spiro atoms. The highest BCUT2D eigenvalue weighted by atomic mass is 35.5. The standard InChI is InChI=1S/C23H21Cl2N3O2S/c1-15-7-9-17(10-8-15)28-22(30)19(13-16-5-4-6-18(24)21(16)25)26-23(28)31-14-20(29)27-11-2-3-12-27/h4-10,13H,2-3,11-12,14H2,1H3/b19-13-. The second-order valence-corrected chi connectivity index (χ2v) is 9.15. The van der Waals surface area contributed by atoms with Crippen LogP contribution in [0.1, 0.15) is 24.0 Å². The Kier molecular flexibility index (Phi) is 6.70. The van der Waals surface area contributed by atoms with E-state index in [-0.39, 0.29) is 23.3 Å². The van der Waals surface area contributed by atoms with Crippen LogP contribution in [0.25, 0.3) is 6.08 Å². The molecule has 31 heavy (non-hydrogen) atoms. The Labute approximate surface area is 195 Å². The molecule has 1 saturated heterocycles. The molecule has 0 aromatic heterocycles. The maximum absolute atomic E-state index is 13.3. The van der Waals surface area contributed by atoms with Crippen molar-refractivity contribution in [3.63, 3.8) is 0 Å². The lowest BCUT2D eigenvalue weighted by atomic mass is 10.2. The molecule has 2 heterocycles. The zero-order valence-corrected chi connectivity index (χ0v) is 19.3. The fourth-order valence-electron chi connectivity index (χ4n) is 3.48. The van der Waals surface area contributed by atoms with Crippen LogP contribution in [-0.4, -0.2) is 40.7 Å². The number of rotatable bonds is 4. The van der Waals surface area contributed by atoms with Crippen LogP contribution in [0.5, 0.6) is 0 Å². The number of carbonyl (C=O) groups is 2. The highest BCUT2D eigenvalue weighted by molar-refractivity contribution is 8.14. The molecule has 2 aromatic carbocycles. The van der Waals surface area contributed by atoms with Gasteiger partial charge in [-0.3, -0.25) is 14.5 Å². The number of halogens is 2. The number of benzene rings is 2. The molecule has 2 aliphatic rings. The molecule has 1 fully saturated rings. The third-order valence-corrected chi connectivity index (χ3v) is 6.94. The minimum Gasteiger partial charge on any atom is -0.342 e.